The molecule has 6 nitrogen and oxygen atoms in total. The van der Waals surface area contributed by atoms with Crippen LogP contribution in [0.1, 0.15) is 93.3 Å². The van der Waals surface area contributed by atoms with Gasteiger partial charge in [0.05, 0.1) is 0 Å². The third kappa shape index (κ3) is 5.32. The lowest BCUT2D eigenvalue weighted by atomic mass is 9.85. The first kappa shape index (κ1) is 18.9. The molecular weight excluding hydrogens is 330 g/mol. The molecule has 0 spiro atoms. The van der Waals surface area contributed by atoms with E-state index in [-0.39, 0.29) is 23.8 Å². The van der Waals surface area contributed by atoms with Crippen molar-refractivity contribution in [2.45, 2.75) is 83.1 Å². The van der Waals surface area contributed by atoms with Gasteiger partial charge in [0.15, 0.2) is 5.69 Å². The SMILES string of the molecule is CCCCCCNC(=O)C1CCC(NC(=O)c2cc(C3CC3)on2)CC1. The van der Waals surface area contributed by atoms with Gasteiger partial charge in [0.25, 0.3) is 5.91 Å². The standard InChI is InChI=1S/C20H31N3O3/c1-2-3-4-5-12-21-19(24)15-8-10-16(11-9-15)22-20(25)17-13-18(26-23-17)14-6-7-14/h13-16H,2-12H2,1H3,(H,21,24)(H,22,25). The van der Waals surface area contributed by atoms with Crippen LogP contribution in [0, 0.1) is 5.92 Å². The predicted molar refractivity (Wildman–Crippen MR) is 98.8 cm³/mol. The number of amides is 2. The Morgan fingerprint density at radius 1 is 1.12 bits per heavy atom. The van der Waals surface area contributed by atoms with E-state index in [1.54, 1.807) is 6.07 Å². The van der Waals surface area contributed by atoms with Gasteiger partial charge in [0, 0.05) is 30.5 Å². The molecule has 0 saturated heterocycles. The molecule has 0 bridgehead atoms. The number of nitrogens with zero attached hydrogens (tertiary/aromatic N) is 1. The first-order chi connectivity index (χ1) is 12.7. The lowest BCUT2D eigenvalue weighted by Gasteiger charge is -2.28. The Labute approximate surface area is 155 Å². The normalized spacial score (nSPS) is 22.8. The molecule has 2 fully saturated rings. The highest BCUT2D eigenvalue weighted by atomic mass is 16.5. The first-order valence-electron chi connectivity index (χ1n) is 10.2. The maximum Gasteiger partial charge on any atom is 0.273 e. The van der Waals surface area contributed by atoms with Crippen molar-refractivity contribution in [3.05, 3.63) is 17.5 Å². The number of unbranched alkanes of at least 4 members (excludes halogenated alkanes) is 3. The van der Waals surface area contributed by atoms with Gasteiger partial charge in [-0.15, -0.1) is 0 Å². The summed E-state index contributed by atoms with van der Waals surface area (Å²) in [5.41, 5.74) is 0.374. The number of rotatable bonds is 9. The van der Waals surface area contributed by atoms with Crippen molar-refractivity contribution in [2.24, 2.45) is 5.92 Å². The maximum atomic E-state index is 12.3. The summed E-state index contributed by atoms with van der Waals surface area (Å²) in [5.74, 6) is 1.39. The molecule has 0 unspecified atom stereocenters. The highest BCUT2D eigenvalue weighted by molar-refractivity contribution is 5.92. The Bertz CT molecular complexity index is 601. The van der Waals surface area contributed by atoms with Gasteiger partial charge in [-0.2, -0.15) is 0 Å². The van der Waals surface area contributed by atoms with E-state index >= 15 is 0 Å². The lowest BCUT2D eigenvalue weighted by molar-refractivity contribution is -0.126. The van der Waals surface area contributed by atoms with E-state index in [1.165, 1.54) is 19.3 Å². The summed E-state index contributed by atoms with van der Waals surface area (Å²) in [4.78, 5) is 24.5. The molecular formula is C20H31N3O3. The summed E-state index contributed by atoms with van der Waals surface area (Å²) in [6.07, 6.45) is 10.3. The van der Waals surface area contributed by atoms with Gasteiger partial charge in [-0.05, 0) is 44.9 Å². The average molecular weight is 361 g/mol. The zero-order chi connectivity index (χ0) is 18.4. The Balaban J connectivity index is 1.35. The first-order valence-corrected chi connectivity index (χ1v) is 10.2. The Kier molecular flexibility index (Phi) is 6.69. The Morgan fingerprint density at radius 3 is 2.58 bits per heavy atom. The van der Waals surface area contributed by atoms with E-state index in [2.05, 4.69) is 22.7 Å². The van der Waals surface area contributed by atoms with Crippen molar-refractivity contribution in [3.8, 4) is 0 Å². The molecule has 3 rings (SSSR count). The summed E-state index contributed by atoms with van der Waals surface area (Å²) in [7, 11) is 0. The minimum atomic E-state index is -0.163. The predicted octanol–water partition coefficient (Wildman–Crippen LogP) is 3.54. The van der Waals surface area contributed by atoms with E-state index in [1.807, 2.05) is 0 Å². The average Bonchev–Trinajstić information content (AvgIpc) is 3.38. The molecule has 1 aromatic rings. The maximum absolute atomic E-state index is 12.3. The molecule has 2 aliphatic rings. The summed E-state index contributed by atoms with van der Waals surface area (Å²) >= 11 is 0. The molecule has 0 radical (unpaired) electrons. The van der Waals surface area contributed by atoms with Crippen molar-refractivity contribution in [1.29, 1.82) is 0 Å². The van der Waals surface area contributed by atoms with Gasteiger partial charge in [-0.1, -0.05) is 31.3 Å². The summed E-state index contributed by atoms with van der Waals surface area (Å²) in [6, 6.07) is 1.89. The van der Waals surface area contributed by atoms with Crippen LogP contribution in [-0.4, -0.2) is 29.6 Å². The van der Waals surface area contributed by atoms with Crippen LogP contribution >= 0.6 is 0 Å². The smallest absolute Gasteiger partial charge is 0.273 e. The van der Waals surface area contributed by atoms with Crippen LogP contribution in [0.4, 0.5) is 0 Å². The molecule has 26 heavy (non-hydrogen) atoms. The van der Waals surface area contributed by atoms with E-state index in [9.17, 15) is 9.59 Å². The monoisotopic (exact) mass is 361 g/mol. The fourth-order valence-corrected chi connectivity index (χ4v) is 3.62. The molecule has 6 heteroatoms. The molecule has 2 aliphatic carbocycles. The molecule has 0 atom stereocenters. The zero-order valence-corrected chi connectivity index (χ0v) is 15.8. The third-order valence-corrected chi connectivity index (χ3v) is 5.50. The summed E-state index contributed by atoms with van der Waals surface area (Å²) in [6.45, 7) is 2.97. The Morgan fingerprint density at radius 2 is 1.88 bits per heavy atom. The van der Waals surface area contributed by atoms with E-state index in [0.717, 1.165) is 57.3 Å². The zero-order valence-electron chi connectivity index (χ0n) is 15.8. The van der Waals surface area contributed by atoms with Crippen molar-refractivity contribution >= 4 is 11.8 Å². The third-order valence-electron chi connectivity index (χ3n) is 5.50. The Hall–Kier alpha value is -1.85. The molecule has 2 saturated carbocycles. The fourth-order valence-electron chi connectivity index (χ4n) is 3.62. The van der Waals surface area contributed by atoms with Crippen LogP contribution in [0.5, 0.6) is 0 Å². The van der Waals surface area contributed by atoms with Crippen LogP contribution in [0.25, 0.3) is 0 Å². The highest BCUT2D eigenvalue weighted by Gasteiger charge is 2.30. The summed E-state index contributed by atoms with van der Waals surface area (Å²) < 4.78 is 5.25. The number of hydrogen-bond acceptors (Lipinski definition) is 4. The van der Waals surface area contributed by atoms with Crippen molar-refractivity contribution in [3.63, 3.8) is 0 Å². The second-order valence-electron chi connectivity index (χ2n) is 7.76. The lowest BCUT2D eigenvalue weighted by Crippen LogP contribution is -2.41. The van der Waals surface area contributed by atoms with Gasteiger partial charge in [0.2, 0.25) is 5.91 Å². The topological polar surface area (TPSA) is 84.2 Å². The highest BCUT2D eigenvalue weighted by Crippen LogP contribution is 2.40. The van der Waals surface area contributed by atoms with Crippen LogP contribution in [0.3, 0.4) is 0 Å². The molecule has 0 aromatic carbocycles. The number of hydrogen-bond donors (Lipinski definition) is 2. The van der Waals surface area contributed by atoms with Crippen molar-refractivity contribution in [1.82, 2.24) is 15.8 Å². The quantitative estimate of drug-likeness (QED) is 0.659. The second kappa shape index (κ2) is 9.19. The number of nitrogens with one attached hydrogen (secondary N) is 2. The fraction of sp³-hybridized carbons (Fsp3) is 0.750. The van der Waals surface area contributed by atoms with E-state index < -0.39 is 0 Å². The molecule has 2 amide bonds. The minimum Gasteiger partial charge on any atom is -0.360 e. The minimum absolute atomic E-state index is 0.0860. The van der Waals surface area contributed by atoms with Gasteiger partial charge < -0.3 is 15.2 Å². The van der Waals surface area contributed by atoms with Crippen molar-refractivity contribution in [2.75, 3.05) is 6.54 Å². The van der Waals surface area contributed by atoms with Gasteiger partial charge in [-0.25, -0.2) is 0 Å². The van der Waals surface area contributed by atoms with Gasteiger partial charge in [-0.3, -0.25) is 9.59 Å². The van der Waals surface area contributed by atoms with E-state index in [4.69, 9.17) is 4.52 Å². The van der Waals surface area contributed by atoms with Crippen LogP contribution in [0.15, 0.2) is 10.6 Å². The summed E-state index contributed by atoms with van der Waals surface area (Å²) in [5, 5.41) is 9.99. The second-order valence-corrected chi connectivity index (χ2v) is 7.76. The van der Waals surface area contributed by atoms with Crippen LogP contribution in [0.2, 0.25) is 0 Å². The van der Waals surface area contributed by atoms with Gasteiger partial charge >= 0.3 is 0 Å². The molecule has 0 aliphatic heterocycles. The number of carbonyl (C=O) groups excluding carboxylic acids is 2. The van der Waals surface area contributed by atoms with Crippen LogP contribution < -0.4 is 10.6 Å². The van der Waals surface area contributed by atoms with Gasteiger partial charge in [0.1, 0.15) is 5.76 Å². The molecule has 1 aromatic heterocycles. The largest absolute Gasteiger partial charge is 0.360 e. The number of aromatic nitrogens is 1. The van der Waals surface area contributed by atoms with Crippen LogP contribution in [-0.2, 0) is 4.79 Å². The molecule has 144 valence electrons. The molecule has 2 N–H and O–H groups in total. The van der Waals surface area contributed by atoms with E-state index in [0.29, 0.717) is 11.6 Å². The van der Waals surface area contributed by atoms with Crippen molar-refractivity contribution < 1.29 is 14.1 Å². The molecule has 1 heterocycles. The number of carbonyl (C=O) groups is 2.